The zero-order chi connectivity index (χ0) is 16.4. The summed E-state index contributed by atoms with van der Waals surface area (Å²) in [6.07, 6.45) is 4.80. The molecule has 5 nitrogen and oxygen atoms in total. The fraction of sp³-hybridized carbons (Fsp3) is 0.833. The smallest absolute Gasteiger partial charge is 0.0898 e. The van der Waals surface area contributed by atoms with Crippen molar-refractivity contribution in [3.63, 3.8) is 0 Å². The number of ether oxygens (including phenoxy) is 3. The van der Waals surface area contributed by atoms with Crippen molar-refractivity contribution < 1.29 is 14.2 Å². The van der Waals surface area contributed by atoms with Gasteiger partial charge in [-0.3, -0.25) is 4.90 Å². The Morgan fingerprint density at radius 1 is 1.42 bits per heavy atom. The minimum atomic E-state index is -0.00116. The van der Waals surface area contributed by atoms with Gasteiger partial charge in [0.05, 0.1) is 42.7 Å². The van der Waals surface area contributed by atoms with E-state index in [2.05, 4.69) is 15.3 Å². The van der Waals surface area contributed by atoms with E-state index in [-0.39, 0.29) is 5.60 Å². The van der Waals surface area contributed by atoms with Crippen LogP contribution in [0.4, 0.5) is 0 Å². The second-order valence-corrected chi connectivity index (χ2v) is 8.43. The van der Waals surface area contributed by atoms with Crippen LogP contribution in [-0.4, -0.2) is 61.0 Å². The molecule has 3 atom stereocenters. The van der Waals surface area contributed by atoms with Crippen LogP contribution < -0.4 is 0 Å². The van der Waals surface area contributed by atoms with Crippen molar-refractivity contribution in [2.45, 2.75) is 50.9 Å². The van der Waals surface area contributed by atoms with Gasteiger partial charge >= 0.3 is 0 Å². The first-order valence-electron chi connectivity index (χ1n) is 9.20. The molecular formula is C18H28N2O3S. The zero-order valence-corrected chi connectivity index (χ0v) is 15.4. The fourth-order valence-electron chi connectivity index (χ4n) is 4.48. The van der Waals surface area contributed by atoms with Gasteiger partial charge in [0.25, 0.3) is 0 Å². The molecule has 6 heteroatoms. The van der Waals surface area contributed by atoms with E-state index in [0.717, 1.165) is 50.2 Å². The molecule has 1 unspecified atom stereocenters. The Morgan fingerprint density at radius 3 is 3.17 bits per heavy atom. The van der Waals surface area contributed by atoms with Gasteiger partial charge in [-0.05, 0) is 26.2 Å². The summed E-state index contributed by atoms with van der Waals surface area (Å²) in [5.41, 5.74) is 1.05. The van der Waals surface area contributed by atoms with Crippen LogP contribution >= 0.6 is 11.3 Å². The zero-order valence-electron chi connectivity index (χ0n) is 14.5. The van der Waals surface area contributed by atoms with Crippen molar-refractivity contribution >= 4 is 11.3 Å². The number of thiazole rings is 1. The maximum Gasteiger partial charge on any atom is 0.0898 e. The van der Waals surface area contributed by atoms with E-state index in [1.165, 1.54) is 25.7 Å². The summed E-state index contributed by atoms with van der Waals surface area (Å²) in [6, 6.07) is 0.589. The van der Waals surface area contributed by atoms with E-state index in [1.807, 2.05) is 6.92 Å². The minimum absolute atomic E-state index is 0.00116. The van der Waals surface area contributed by atoms with Crippen molar-refractivity contribution in [3.8, 4) is 0 Å². The predicted octanol–water partition coefficient (Wildman–Crippen LogP) is 2.63. The summed E-state index contributed by atoms with van der Waals surface area (Å²) >= 11 is 1.69. The molecule has 0 N–H and O–H groups in total. The Kier molecular flexibility index (Phi) is 5.20. The second kappa shape index (κ2) is 7.38. The topological polar surface area (TPSA) is 43.8 Å². The molecule has 3 fully saturated rings. The summed E-state index contributed by atoms with van der Waals surface area (Å²) in [6.45, 7) is 8.18. The first kappa shape index (κ1) is 16.9. The number of nitrogens with zero attached hydrogens (tertiary/aromatic N) is 2. The van der Waals surface area contributed by atoms with Gasteiger partial charge in [0.2, 0.25) is 0 Å². The van der Waals surface area contributed by atoms with Crippen LogP contribution in [0.1, 0.15) is 36.4 Å². The highest BCUT2D eigenvalue weighted by Gasteiger charge is 2.48. The lowest BCUT2D eigenvalue weighted by atomic mass is 9.88. The molecule has 1 aromatic heterocycles. The number of aromatic nitrogens is 1. The van der Waals surface area contributed by atoms with Crippen LogP contribution in [0.25, 0.3) is 0 Å². The molecule has 3 heterocycles. The van der Waals surface area contributed by atoms with E-state index in [9.17, 15) is 0 Å². The Labute approximate surface area is 148 Å². The largest absolute Gasteiger partial charge is 0.380 e. The third-order valence-electron chi connectivity index (χ3n) is 5.79. The van der Waals surface area contributed by atoms with Crippen LogP contribution in [0.15, 0.2) is 5.38 Å². The first-order valence-corrected chi connectivity index (χ1v) is 10.1. The third-order valence-corrected chi connectivity index (χ3v) is 6.62. The van der Waals surface area contributed by atoms with Crippen molar-refractivity contribution in [3.05, 3.63) is 16.1 Å². The molecule has 2 aliphatic heterocycles. The summed E-state index contributed by atoms with van der Waals surface area (Å²) in [5.74, 6) is 0.502. The molecule has 0 bridgehead atoms. The summed E-state index contributed by atoms with van der Waals surface area (Å²) in [7, 11) is 0. The maximum absolute atomic E-state index is 6.36. The van der Waals surface area contributed by atoms with Gasteiger partial charge in [-0.25, -0.2) is 4.98 Å². The minimum Gasteiger partial charge on any atom is -0.380 e. The monoisotopic (exact) mass is 352 g/mol. The SMILES string of the molecule is Cc1nc(COC[C@@H]2CCC[C@@]23CN(C2CCOC2)CCO3)cs1. The van der Waals surface area contributed by atoms with Crippen LogP contribution in [0.5, 0.6) is 0 Å². The van der Waals surface area contributed by atoms with Gasteiger partial charge in [-0.15, -0.1) is 11.3 Å². The molecule has 1 aliphatic carbocycles. The normalized spacial score (nSPS) is 34.4. The van der Waals surface area contributed by atoms with Crippen molar-refractivity contribution in [1.82, 2.24) is 9.88 Å². The Balaban J connectivity index is 1.34. The third kappa shape index (κ3) is 3.53. The summed E-state index contributed by atoms with van der Waals surface area (Å²) in [5, 5.41) is 3.20. The molecule has 0 amide bonds. The van der Waals surface area contributed by atoms with Gasteiger partial charge in [0.15, 0.2) is 0 Å². The Bertz CT molecular complexity index is 546. The van der Waals surface area contributed by atoms with Crippen molar-refractivity contribution in [2.24, 2.45) is 5.92 Å². The molecule has 24 heavy (non-hydrogen) atoms. The van der Waals surface area contributed by atoms with E-state index in [4.69, 9.17) is 14.2 Å². The molecule has 134 valence electrons. The molecule has 2 saturated heterocycles. The lowest BCUT2D eigenvalue weighted by Crippen LogP contribution is -2.57. The van der Waals surface area contributed by atoms with Gasteiger partial charge < -0.3 is 14.2 Å². The van der Waals surface area contributed by atoms with Crippen LogP contribution in [0.3, 0.4) is 0 Å². The lowest BCUT2D eigenvalue weighted by molar-refractivity contribution is -0.149. The Morgan fingerprint density at radius 2 is 2.38 bits per heavy atom. The second-order valence-electron chi connectivity index (χ2n) is 7.36. The lowest BCUT2D eigenvalue weighted by Gasteiger charge is -2.45. The molecular weight excluding hydrogens is 324 g/mol. The molecule has 0 radical (unpaired) electrons. The maximum atomic E-state index is 6.36. The van der Waals surface area contributed by atoms with Gasteiger partial charge in [-0.1, -0.05) is 6.42 Å². The molecule has 1 aromatic rings. The molecule has 1 saturated carbocycles. The number of rotatable bonds is 5. The number of aryl methyl sites for hydroxylation is 1. The average Bonchev–Trinajstić information content (AvgIpc) is 3.31. The molecule has 1 spiro atoms. The van der Waals surface area contributed by atoms with E-state index < -0.39 is 0 Å². The molecule has 3 aliphatic rings. The standard InChI is InChI=1S/C18H28N2O3S/c1-14-19-16(12-24-14)10-22-9-15-3-2-5-18(15)13-20(6-8-23-18)17-4-7-21-11-17/h12,15,17H,2-11,13H2,1H3/t15-,17?,18+/m0/s1. The highest BCUT2D eigenvalue weighted by atomic mass is 32.1. The van der Waals surface area contributed by atoms with Crippen molar-refractivity contribution in [2.75, 3.05) is 39.5 Å². The number of hydrogen-bond acceptors (Lipinski definition) is 6. The van der Waals surface area contributed by atoms with E-state index in [1.54, 1.807) is 11.3 Å². The number of morpholine rings is 1. The quantitative estimate of drug-likeness (QED) is 0.815. The van der Waals surface area contributed by atoms with Crippen LogP contribution in [-0.2, 0) is 20.8 Å². The summed E-state index contributed by atoms with van der Waals surface area (Å²) in [4.78, 5) is 7.09. The van der Waals surface area contributed by atoms with Gasteiger partial charge in [0.1, 0.15) is 0 Å². The van der Waals surface area contributed by atoms with Gasteiger partial charge in [0, 0.05) is 37.0 Å². The Hall–Kier alpha value is -0.530. The van der Waals surface area contributed by atoms with Crippen LogP contribution in [0, 0.1) is 12.8 Å². The average molecular weight is 353 g/mol. The highest BCUT2D eigenvalue weighted by molar-refractivity contribution is 7.09. The molecule has 4 rings (SSSR count). The predicted molar refractivity (Wildman–Crippen MR) is 93.3 cm³/mol. The van der Waals surface area contributed by atoms with E-state index in [0.29, 0.717) is 18.6 Å². The van der Waals surface area contributed by atoms with Crippen molar-refractivity contribution in [1.29, 1.82) is 0 Å². The van der Waals surface area contributed by atoms with Gasteiger partial charge in [-0.2, -0.15) is 0 Å². The molecule has 0 aromatic carbocycles. The first-order chi connectivity index (χ1) is 11.8. The fourth-order valence-corrected chi connectivity index (χ4v) is 5.08. The van der Waals surface area contributed by atoms with E-state index >= 15 is 0 Å². The highest BCUT2D eigenvalue weighted by Crippen LogP contribution is 2.42. The van der Waals surface area contributed by atoms with Crippen LogP contribution in [0.2, 0.25) is 0 Å². The summed E-state index contributed by atoms with van der Waals surface area (Å²) < 4.78 is 18.0. The number of hydrogen-bond donors (Lipinski definition) is 0.